The lowest BCUT2D eigenvalue weighted by Crippen LogP contribution is -2.32. The Labute approximate surface area is 148 Å². The van der Waals surface area contributed by atoms with Gasteiger partial charge in [-0.05, 0) is 39.0 Å². The summed E-state index contributed by atoms with van der Waals surface area (Å²) in [6.07, 6.45) is -0.456. The Balaban J connectivity index is 1.99. The van der Waals surface area contributed by atoms with E-state index in [4.69, 9.17) is 9.47 Å². The number of hydrogen-bond donors (Lipinski definition) is 1. The minimum absolute atomic E-state index is 0.320. The van der Waals surface area contributed by atoms with Crippen LogP contribution in [0.5, 0.6) is 5.75 Å². The van der Waals surface area contributed by atoms with E-state index >= 15 is 0 Å². The minimum atomic E-state index is -0.523. The number of thiazole rings is 1. The van der Waals surface area contributed by atoms with E-state index in [-0.39, 0.29) is 0 Å². The van der Waals surface area contributed by atoms with Crippen LogP contribution in [0.15, 0.2) is 33.6 Å². The highest BCUT2D eigenvalue weighted by atomic mass is 79.9. The van der Waals surface area contributed by atoms with Crippen molar-refractivity contribution in [1.29, 1.82) is 0 Å². The third-order valence-corrected chi connectivity index (χ3v) is 3.83. The van der Waals surface area contributed by atoms with Gasteiger partial charge in [-0.3, -0.25) is 0 Å². The molecule has 2 aromatic rings. The van der Waals surface area contributed by atoms with E-state index in [0.29, 0.717) is 18.9 Å². The largest absolute Gasteiger partial charge is 0.487 e. The molecule has 7 heteroatoms. The summed E-state index contributed by atoms with van der Waals surface area (Å²) in [4.78, 5) is 16.0. The Hall–Kier alpha value is -1.60. The molecular formula is C16H19BrN2O3S. The Morgan fingerprint density at radius 3 is 2.83 bits per heavy atom. The lowest BCUT2D eigenvalue weighted by molar-refractivity contribution is 0.0523. The second-order valence-electron chi connectivity index (χ2n) is 5.88. The molecule has 0 spiro atoms. The number of amides is 1. The van der Waals surface area contributed by atoms with Crippen LogP contribution < -0.4 is 10.1 Å². The average molecular weight is 399 g/mol. The van der Waals surface area contributed by atoms with E-state index in [1.165, 1.54) is 11.3 Å². The molecule has 0 aliphatic rings. The standard InChI is InChI=1S/C16H19BrN2O3S/c1-16(2,3)22-15(20)18-7-11-6-12(17)4-5-14(11)21-8-13-9-23-10-19-13/h4-6,9-10H,7-8H2,1-3H3,(H,18,20). The molecule has 0 saturated carbocycles. The average Bonchev–Trinajstić information content (AvgIpc) is 2.95. The molecule has 1 aromatic heterocycles. The summed E-state index contributed by atoms with van der Waals surface area (Å²) < 4.78 is 12.0. The Morgan fingerprint density at radius 2 is 2.17 bits per heavy atom. The van der Waals surface area contributed by atoms with Crippen LogP contribution in [0.3, 0.4) is 0 Å². The first-order chi connectivity index (χ1) is 10.8. The van der Waals surface area contributed by atoms with Gasteiger partial charge < -0.3 is 14.8 Å². The van der Waals surface area contributed by atoms with Gasteiger partial charge in [0.1, 0.15) is 18.0 Å². The van der Waals surface area contributed by atoms with Crippen molar-refractivity contribution in [3.8, 4) is 5.75 Å². The number of halogens is 1. The Morgan fingerprint density at radius 1 is 1.39 bits per heavy atom. The van der Waals surface area contributed by atoms with Gasteiger partial charge in [0, 0.05) is 22.0 Å². The zero-order valence-corrected chi connectivity index (χ0v) is 15.7. The van der Waals surface area contributed by atoms with Crippen LogP contribution in [0.25, 0.3) is 0 Å². The maximum Gasteiger partial charge on any atom is 0.407 e. The van der Waals surface area contributed by atoms with Crippen LogP contribution in [0, 0.1) is 0 Å². The van der Waals surface area contributed by atoms with E-state index in [1.54, 1.807) is 5.51 Å². The van der Waals surface area contributed by atoms with Crippen LogP contribution in [0.1, 0.15) is 32.0 Å². The number of hydrogen-bond acceptors (Lipinski definition) is 5. The van der Waals surface area contributed by atoms with Gasteiger partial charge in [0.05, 0.1) is 11.2 Å². The normalized spacial score (nSPS) is 11.1. The SMILES string of the molecule is CC(C)(C)OC(=O)NCc1cc(Br)ccc1OCc1cscn1. The van der Waals surface area contributed by atoms with Crippen molar-refractivity contribution in [2.75, 3.05) is 0 Å². The van der Waals surface area contributed by atoms with Gasteiger partial charge in [0.15, 0.2) is 0 Å². The number of rotatable bonds is 5. The van der Waals surface area contributed by atoms with Crippen molar-refractivity contribution in [2.24, 2.45) is 0 Å². The smallest absolute Gasteiger partial charge is 0.407 e. The first-order valence-electron chi connectivity index (χ1n) is 7.08. The predicted octanol–water partition coefficient (Wildman–Crippen LogP) is 4.51. The molecule has 0 saturated heterocycles. The van der Waals surface area contributed by atoms with Gasteiger partial charge in [0.25, 0.3) is 0 Å². The van der Waals surface area contributed by atoms with Gasteiger partial charge in [-0.2, -0.15) is 0 Å². The number of benzene rings is 1. The van der Waals surface area contributed by atoms with Crippen molar-refractivity contribution >= 4 is 33.4 Å². The van der Waals surface area contributed by atoms with E-state index in [9.17, 15) is 4.79 Å². The molecule has 0 radical (unpaired) electrons. The molecule has 0 unspecified atom stereocenters. The Bertz CT molecular complexity index is 654. The second kappa shape index (κ2) is 7.79. The van der Waals surface area contributed by atoms with Crippen LogP contribution in [0.4, 0.5) is 4.79 Å². The summed E-state index contributed by atoms with van der Waals surface area (Å²) in [6.45, 7) is 6.20. The van der Waals surface area contributed by atoms with E-state index < -0.39 is 11.7 Å². The molecule has 1 heterocycles. The molecule has 0 aliphatic carbocycles. The minimum Gasteiger partial charge on any atom is -0.487 e. The molecule has 0 aliphatic heterocycles. The number of aromatic nitrogens is 1. The lowest BCUT2D eigenvalue weighted by Gasteiger charge is -2.20. The number of alkyl carbamates (subject to hydrolysis) is 1. The fourth-order valence-corrected chi connectivity index (χ4v) is 2.72. The van der Waals surface area contributed by atoms with Gasteiger partial charge in [-0.25, -0.2) is 9.78 Å². The highest BCUT2D eigenvalue weighted by Crippen LogP contribution is 2.24. The third kappa shape index (κ3) is 6.19. The number of ether oxygens (including phenoxy) is 2. The predicted molar refractivity (Wildman–Crippen MR) is 93.7 cm³/mol. The highest BCUT2D eigenvalue weighted by molar-refractivity contribution is 9.10. The summed E-state index contributed by atoms with van der Waals surface area (Å²) in [6, 6.07) is 5.67. The second-order valence-corrected chi connectivity index (χ2v) is 7.51. The summed E-state index contributed by atoms with van der Waals surface area (Å²) in [5.41, 5.74) is 2.99. The fraction of sp³-hybridized carbons (Fsp3) is 0.375. The van der Waals surface area contributed by atoms with Crippen molar-refractivity contribution in [1.82, 2.24) is 10.3 Å². The van der Waals surface area contributed by atoms with E-state index in [1.807, 2.05) is 44.4 Å². The maximum atomic E-state index is 11.8. The van der Waals surface area contributed by atoms with E-state index in [2.05, 4.69) is 26.2 Å². The molecule has 0 atom stereocenters. The summed E-state index contributed by atoms with van der Waals surface area (Å²) in [7, 11) is 0. The van der Waals surface area contributed by atoms with Crippen molar-refractivity contribution in [3.63, 3.8) is 0 Å². The molecular weight excluding hydrogens is 380 g/mol. The van der Waals surface area contributed by atoms with E-state index in [0.717, 1.165) is 15.7 Å². The fourth-order valence-electron chi connectivity index (χ4n) is 1.77. The van der Waals surface area contributed by atoms with Crippen LogP contribution in [-0.4, -0.2) is 16.7 Å². The summed E-state index contributed by atoms with van der Waals surface area (Å²) in [5, 5.41) is 4.68. The number of nitrogens with zero attached hydrogens (tertiary/aromatic N) is 1. The summed E-state index contributed by atoms with van der Waals surface area (Å²) >= 11 is 4.96. The van der Waals surface area contributed by atoms with Crippen molar-refractivity contribution in [2.45, 2.75) is 39.5 Å². The van der Waals surface area contributed by atoms with Gasteiger partial charge in [0.2, 0.25) is 0 Å². The monoisotopic (exact) mass is 398 g/mol. The number of carbonyl (C=O) groups excluding carboxylic acids is 1. The first kappa shape index (κ1) is 17.7. The van der Waals surface area contributed by atoms with Crippen molar-refractivity contribution < 1.29 is 14.3 Å². The topological polar surface area (TPSA) is 60.5 Å². The molecule has 1 N–H and O–H groups in total. The lowest BCUT2D eigenvalue weighted by atomic mass is 10.2. The molecule has 1 aromatic carbocycles. The van der Waals surface area contributed by atoms with Crippen molar-refractivity contribution in [3.05, 3.63) is 44.8 Å². The number of nitrogens with one attached hydrogen (secondary N) is 1. The maximum absolute atomic E-state index is 11.8. The van der Waals surface area contributed by atoms with Gasteiger partial charge >= 0.3 is 6.09 Å². The first-order valence-corrected chi connectivity index (χ1v) is 8.82. The zero-order valence-electron chi connectivity index (χ0n) is 13.3. The number of carbonyl (C=O) groups is 1. The van der Waals surface area contributed by atoms with Gasteiger partial charge in [-0.15, -0.1) is 11.3 Å². The molecule has 1 amide bonds. The van der Waals surface area contributed by atoms with Crippen LogP contribution >= 0.6 is 27.3 Å². The molecule has 23 heavy (non-hydrogen) atoms. The summed E-state index contributed by atoms with van der Waals surface area (Å²) in [5.74, 6) is 0.706. The zero-order chi connectivity index (χ0) is 16.9. The quantitative estimate of drug-likeness (QED) is 0.804. The van der Waals surface area contributed by atoms with Crippen LogP contribution in [0.2, 0.25) is 0 Å². The van der Waals surface area contributed by atoms with Gasteiger partial charge in [-0.1, -0.05) is 15.9 Å². The molecule has 0 fully saturated rings. The molecule has 0 bridgehead atoms. The molecule has 5 nitrogen and oxygen atoms in total. The highest BCUT2D eigenvalue weighted by Gasteiger charge is 2.16. The third-order valence-electron chi connectivity index (χ3n) is 2.70. The van der Waals surface area contributed by atoms with Crippen LogP contribution in [-0.2, 0) is 17.9 Å². The molecule has 124 valence electrons. The Kier molecular flexibility index (Phi) is 6.01. The molecule has 2 rings (SSSR count).